The third-order valence-electron chi connectivity index (χ3n) is 6.58. The summed E-state index contributed by atoms with van der Waals surface area (Å²) < 4.78 is 33.9. The zero-order valence-electron chi connectivity index (χ0n) is 21.2. The van der Waals surface area contributed by atoms with E-state index in [4.69, 9.17) is 4.74 Å². The molecule has 1 amide bonds. The van der Waals surface area contributed by atoms with E-state index in [1.165, 1.54) is 24.0 Å². The SMILES string of the molecule is CCOc1ccc(N(CC(=O)N[C@H](C)c2ccc3c(c2)CCCC3)S(=O)(=O)c2ccc(C)cc2)cc1. The number of aryl methyl sites for hydroxylation is 3. The Bertz CT molecular complexity index is 1300. The highest BCUT2D eigenvalue weighted by Gasteiger charge is 2.28. The van der Waals surface area contributed by atoms with Crippen molar-refractivity contribution in [3.05, 3.63) is 89.0 Å². The van der Waals surface area contributed by atoms with Crippen LogP contribution >= 0.6 is 0 Å². The second-order valence-corrected chi connectivity index (χ2v) is 11.1. The quantitative estimate of drug-likeness (QED) is 0.425. The Morgan fingerprint density at radius 3 is 2.31 bits per heavy atom. The Labute approximate surface area is 214 Å². The van der Waals surface area contributed by atoms with Crippen LogP contribution in [0.1, 0.15) is 55.0 Å². The number of carbonyl (C=O) groups is 1. The minimum absolute atomic E-state index is 0.137. The van der Waals surface area contributed by atoms with Crippen molar-refractivity contribution in [1.82, 2.24) is 5.32 Å². The first kappa shape index (κ1) is 25.8. The van der Waals surface area contributed by atoms with Gasteiger partial charge in [-0.2, -0.15) is 0 Å². The van der Waals surface area contributed by atoms with Crippen LogP contribution in [0.15, 0.2) is 71.6 Å². The fraction of sp³-hybridized carbons (Fsp3) is 0.345. The van der Waals surface area contributed by atoms with Gasteiger partial charge in [0.05, 0.1) is 23.2 Å². The van der Waals surface area contributed by atoms with Gasteiger partial charge < -0.3 is 10.1 Å². The van der Waals surface area contributed by atoms with Crippen LogP contribution in [-0.4, -0.2) is 27.5 Å². The predicted molar refractivity (Wildman–Crippen MR) is 143 cm³/mol. The number of rotatable bonds is 9. The van der Waals surface area contributed by atoms with Gasteiger partial charge in [0.25, 0.3) is 10.0 Å². The molecule has 4 rings (SSSR count). The summed E-state index contributed by atoms with van der Waals surface area (Å²) >= 11 is 0. The summed E-state index contributed by atoms with van der Waals surface area (Å²) in [6.07, 6.45) is 4.56. The highest BCUT2D eigenvalue weighted by Crippen LogP contribution is 2.27. The van der Waals surface area contributed by atoms with E-state index in [0.29, 0.717) is 18.0 Å². The number of nitrogens with one attached hydrogen (secondary N) is 1. The molecular formula is C29H34N2O4S. The van der Waals surface area contributed by atoms with E-state index >= 15 is 0 Å². The third kappa shape index (κ3) is 5.90. The lowest BCUT2D eigenvalue weighted by atomic mass is 9.89. The third-order valence-corrected chi connectivity index (χ3v) is 8.37. The molecule has 1 atom stereocenters. The number of hydrogen-bond donors (Lipinski definition) is 1. The number of benzene rings is 3. The molecule has 3 aromatic carbocycles. The van der Waals surface area contributed by atoms with Gasteiger partial charge in [-0.15, -0.1) is 0 Å². The molecule has 0 aromatic heterocycles. The molecule has 3 aromatic rings. The zero-order chi connectivity index (χ0) is 25.7. The van der Waals surface area contributed by atoms with E-state index in [1.807, 2.05) is 20.8 Å². The predicted octanol–water partition coefficient (Wildman–Crippen LogP) is 5.35. The second kappa shape index (κ2) is 11.2. The highest BCUT2D eigenvalue weighted by molar-refractivity contribution is 7.92. The molecule has 6 nitrogen and oxygen atoms in total. The van der Waals surface area contributed by atoms with Crippen molar-refractivity contribution in [2.75, 3.05) is 17.5 Å². The highest BCUT2D eigenvalue weighted by atomic mass is 32.2. The van der Waals surface area contributed by atoms with Crippen LogP contribution in [0.5, 0.6) is 5.75 Å². The van der Waals surface area contributed by atoms with Crippen molar-refractivity contribution < 1.29 is 17.9 Å². The molecule has 7 heteroatoms. The summed E-state index contributed by atoms with van der Waals surface area (Å²) in [6.45, 7) is 5.89. The van der Waals surface area contributed by atoms with Crippen LogP contribution in [0.2, 0.25) is 0 Å². The molecule has 0 radical (unpaired) electrons. The number of anilines is 1. The molecule has 190 valence electrons. The van der Waals surface area contributed by atoms with Crippen molar-refractivity contribution in [2.24, 2.45) is 0 Å². The number of ether oxygens (including phenoxy) is 1. The molecule has 36 heavy (non-hydrogen) atoms. The molecule has 0 aliphatic heterocycles. The molecule has 0 heterocycles. The van der Waals surface area contributed by atoms with Gasteiger partial charge in [0, 0.05) is 0 Å². The van der Waals surface area contributed by atoms with E-state index in [0.717, 1.165) is 28.3 Å². The van der Waals surface area contributed by atoms with Crippen LogP contribution in [-0.2, 0) is 27.7 Å². The topological polar surface area (TPSA) is 75.7 Å². The number of amides is 1. The summed E-state index contributed by atoms with van der Waals surface area (Å²) in [6, 6.07) is 19.5. The van der Waals surface area contributed by atoms with Crippen molar-refractivity contribution >= 4 is 21.6 Å². The summed E-state index contributed by atoms with van der Waals surface area (Å²) in [5.41, 5.74) is 5.11. The molecular weight excluding hydrogens is 472 g/mol. The number of nitrogens with zero attached hydrogens (tertiary/aromatic N) is 1. The van der Waals surface area contributed by atoms with Gasteiger partial charge in [0.1, 0.15) is 12.3 Å². The summed E-state index contributed by atoms with van der Waals surface area (Å²) in [5, 5.41) is 3.00. The lowest BCUT2D eigenvalue weighted by Crippen LogP contribution is -2.41. The monoisotopic (exact) mass is 506 g/mol. The van der Waals surface area contributed by atoms with E-state index in [2.05, 4.69) is 23.5 Å². The second-order valence-electron chi connectivity index (χ2n) is 9.28. The van der Waals surface area contributed by atoms with Gasteiger partial charge in [0.2, 0.25) is 5.91 Å². The van der Waals surface area contributed by atoms with Crippen molar-refractivity contribution in [2.45, 2.75) is 57.4 Å². The minimum atomic E-state index is -3.97. The van der Waals surface area contributed by atoms with Crippen LogP contribution in [0.4, 0.5) is 5.69 Å². The lowest BCUT2D eigenvalue weighted by Gasteiger charge is -2.26. The number of fused-ring (bicyclic) bond motifs is 1. The minimum Gasteiger partial charge on any atom is -0.494 e. The average molecular weight is 507 g/mol. The number of sulfonamides is 1. The molecule has 1 N–H and O–H groups in total. The molecule has 0 fully saturated rings. The fourth-order valence-electron chi connectivity index (χ4n) is 4.55. The van der Waals surface area contributed by atoms with Gasteiger partial charge in [-0.05, 0) is 99.5 Å². The van der Waals surface area contributed by atoms with E-state index < -0.39 is 10.0 Å². The first-order valence-corrected chi connectivity index (χ1v) is 14.0. The molecule has 0 saturated heterocycles. The Morgan fingerprint density at radius 1 is 0.972 bits per heavy atom. The maximum Gasteiger partial charge on any atom is 0.264 e. The summed E-state index contributed by atoms with van der Waals surface area (Å²) in [5.74, 6) is 0.268. The first-order valence-electron chi connectivity index (χ1n) is 12.5. The maximum atomic E-state index is 13.6. The maximum absolute atomic E-state index is 13.6. The normalized spacial score (nSPS) is 14.0. The van der Waals surface area contributed by atoms with Gasteiger partial charge >= 0.3 is 0 Å². The Balaban J connectivity index is 1.57. The van der Waals surface area contributed by atoms with E-state index in [9.17, 15) is 13.2 Å². The Kier molecular flexibility index (Phi) is 7.99. The molecule has 0 bridgehead atoms. The molecule has 0 spiro atoms. The fourth-order valence-corrected chi connectivity index (χ4v) is 5.97. The van der Waals surface area contributed by atoms with Crippen molar-refractivity contribution in [3.8, 4) is 5.75 Å². The van der Waals surface area contributed by atoms with Gasteiger partial charge in [-0.3, -0.25) is 9.10 Å². The Hall–Kier alpha value is -3.32. The number of hydrogen-bond acceptors (Lipinski definition) is 4. The first-order chi connectivity index (χ1) is 17.3. The lowest BCUT2D eigenvalue weighted by molar-refractivity contribution is -0.120. The van der Waals surface area contributed by atoms with Crippen LogP contribution in [0, 0.1) is 6.92 Å². The Morgan fingerprint density at radius 2 is 1.64 bits per heavy atom. The average Bonchev–Trinajstić information content (AvgIpc) is 2.88. The van der Waals surface area contributed by atoms with Crippen LogP contribution in [0.25, 0.3) is 0 Å². The van der Waals surface area contributed by atoms with Crippen LogP contribution < -0.4 is 14.4 Å². The van der Waals surface area contributed by atoms with E-state index in [1.54, 1.807) is 48.5 Å². The van der Waals surface area contributed by atoms with Gasteiger partial charge in [0.15, 0.2) is 0 Å². The summed E-state index contributed by atoms with van der Waals surface area (Å²) in [7, 11) is -3.97. The summed E-state index contributed by atoms with van der Waals surface area (Å²) in [4.78, 5) is 13.3. The largest absolute Gasteiger partial charge is 0.494 e. The standard InChI is InChI=1S/C29H34N2O4S/c1-4-35-27-15-13-26(14-16-27)31(36(33,34)28-17-9-21(2)10-18-28)20-29(32)30-22(3)24-12-11-23-7-5-6-8-25(23)19-24/h9-19,22H,4-8,20H2,1-3H3,(H,30,32)/t22-/m1/s1. The molecule has 1 aliphatic carbocycles. The smallest absolute Gasteiger partial charge is 0.264 e. The van der Waals surface area contributed by atoms with Crippen LogP contribution in [0.3, 0.4) is 0 Å². The molecule has 1 aliphatic rings. The van der Waals surface area contributed by atoms with Crippen molar-refractivity contribution in [1.29, 1.82) is 0 Å². The number of carbonyl (C=O) groups excluding carboxylic acids is 1. The van der Waals surface area contributed by atoms with Gasteiger partial charge in [-0.1, -0.05) is 35.9 Å². The molecule has 0 unspecified atom stereocenters. The van der Waals surface area contributed by atoms with E-state index in [-0.39, 0.29) is 23.4 Å². The zero-order valence-corrected chi connectivity index (χ0v) is 22.0. The van der Waals surface area contributed by atoms with Crippen molar-refractivity contribution in [3.63, 3.8) is 0 Å². The molecule has 0 saturated carbocycles. The van der Waals surface area contributed by atoms with Gasteiger partial charge in [-0.25, -0.2) is 8.42 Å².